The highest BCUT2D eigenvalue weighted by atomic mass is 32.1. The molecule has 96 valence electrons. The van der Waals surface area contributed by atoms with Crippen molar-refractivity contribution in [1.82, 2.24) is 5.32 Å². The standard InChI is InChI=1S/C15H25NS/c1-5-11-10-16-9-8-12(11)13-6-7-14(17-13)15(2,3)4/h6-7,11-12,16H,5,8-10H2,1-4H3. The molecular weight excluding hydrogens is 226 g/mol. The summed E-state index contributed by atoms with van der Waals surface area (Å²) in [7, 11) is 0. The van der Waals surface area contributed by atoms with E-state index in [0.29, 0.717) is 5.41 Å². The van der Waals surface area contributed by atoms with Gasteiger partial charge in [0.1, 0.15) is 0 Å². The van der Waals surface area contributed by atoms with Crippen LogP contribution in [0.25, 0.3) is 0 Å². The lowest BCUT2D eigenvalue weighted by atomic mass is 9.83. The lowest BCUT2D eigenvalue weighted by Crippen LogP contribution is -2.34. The number of hydrogen-bond donors (Lipinski definition) is 1. The van der Waals surface area contributed by atoms with Gasteiger partial charge in [-0.15, -0.1) is 11.3 Å². The highest BCUT2D eigenvalue weighted by molar-refractivity contribution is 7.12. The van der Waals surface area contributed by atoms with Gasteiger partial charge in [0.15, 0.2) is 0 Å². The van der Waals surface area contributed by atoms with Crippen molar-refractivity contribution in [3.63, 3.8) is 0 Å². The monoisotopic (exact) mass is 251 g/mol. The van der Waals surface area contributed by atoms with Gasteiger partial charge >= 0.3 is 0 Å². The van der Waals surface area contributed by atoms with E-state index in [1.165, 1.54) is 30.8 Å². The zero-order valence-electron chi connectivity index (χ0n) is 11.5. The van der Waals surface area contributed by atoms with Crippen LogP contribution in [0.2, 0.25) is 0 Å². The first-order chi connectivity index (χ1) is 8.02. The van der Waals surface area contributed by atoms with Crippen LogP contribution >= 0.6 is 11.3 Å². The van der Waals surface area contributed by atoms with Gasteiger partial charge in [0, 0.05) is 9.75 Å². The predicted octanol–water partition coefficient (Wildman–Crippen LogP) is 4.15. The van der Waals surface area contributed by atoms with Crippen LogP contribution in [0.1, 0.15) is 56.2 Å². The van der Waals surface area contributed by atoms with Crippen molar-refractivity contribution in [2.24, 2.45) is 5.92 Å². The third-order valence-corrected chi connectivity index (χ3v) is 5.51. The highest BCUT2D eigenvalue weighted by Crippen LogP contribution is 2.39. The van der Waals surface area contributed by atoms with Crippen molar-refractivity contribution in [1.29, 1.82) is 0 Å². The smallest absolute Gasteiger partial charge is 0.0102 e. The Kier molecular flexibility index (Phi) is 3.94. The number of hydrogen-bond acceptors (Lipinski definition) is 2. The molecule has 1 aliphatic rings. The van der Waals surface area contributed by atoms with Crippen LogP contribution in [0.5, 0.6) is 0 Å². The van der Waals surface area contributed by atoms with E-state index >= 15 is 0 Å². The average Bonchev–Trinajstić information content (AvgIpc) is 2.77. The second-order valence-corrected chi connectivity index (χ2v) is 7.33. The van der Waals surface area contributed by atoms with E-state index in [2.05, 4.69) is 45.1 Å². The Morgan fingerprint density at radius 3 is 2.71 bits per heavy atom. The van der Waals surface area contributed by atoms with E-state index in [0.717, 1.165) is 11.8 Å². The third kappa shape index (κ3) is 2.92. The number of nitrogens with one attached hydrogen (secondary N) is 1. The van der Waals surface area contributed by atoms with Gasteiger partial charge in [-0.1, -0.05) is 34.1 Å². The molecule has 1 fully saturated rings. The molecule has 1 N–H and O–H groups in total. The molecule has 0 radical (unpaired) electrons. The van der Waals surface area contributed by atoms with E-state index in [9.17, 15) is 0 Å². The molecule has 2 rings (SSSR count). The molecular formula is C15H25NS. The van der Waals surface area contributed by atoms with Crippen LogP contribution in [0, 0.1) is 5.92 Å². The molecule has 2 heterocycles. The van der Waals surface area contributed by atoms with Gasteiger partial charge in [0.25, 0.3) is 0 Å². The van der Waals surface area contributed by atoms with E-state index in [-0.39, 0.29) is 0 Å². The molecule has 1 nitrogen and oxygen atoms in total. The molecule has 2 heteroatoms. The maximum atomic E-state index is 3.53. The number of piperidine rings is 1. The molecule has 1 aromatic rings. The number of rotatable bonds is 2. The fourth-order valence-corrected chi connectivity index (χ4v) is 3.98. The Bertz CT molecular complexity index is 361. The summed E-state index contributed by atoms with van der Waals surface area (Å²) in [5.41, 5.74) is 0.303. The van der Waals surface area contributed by atoms with Crippen LogP contribution in [0.3, 0.4) is 0 Å². The Balaban J connectivity index is 2.18. The summed E-state index contributed by atoms with van der Waals surface area (Å²) in [5.74, 6) is 1.62. The minimum atomic E-state index is 0.303. The highest BCUT2D eigenvalue weighted by Gasteiger charge is 2.27. The van der Waals surface area contributed by atoms with Crippen molar-refractivity contribution in [3.05, 3.63) is 21.9 Å². The summed E-state index contributed by atoms with van der Waals surface area (Å²) < 4.78 is 0. The first kappa shape index (κ1) is 13.1. The molecule has 0 amide bonds. The first-order valence-electron chi connectivity index (χ1n) is 6.83. The van der Waals surface area contributed by atoms with Crippen LogP contribution in [-0.2, 0) is 5.41 Å². The van der Waals surface area contributed by atoms with Crippen molar-refractivity contribution in [2.75, 3.05) is 13.1 Å². The van der Waals surface area contributed by atoms with Crippen molar-refractivity contribution >= 4 is 11.3 Å². The lowest BCUT2D eigenvalue weighted by molar-refractivity contribution is 0.321. The molecule has 1 aliphatic heterocycles. The Hall–Kier alpha value is -0.340. The van der Waals surface area contributed by atoms with Gasteiger partial charge in [-0.3, -0.25) is 0 Å². The molecule has 0 aliphatic carbocycles. The second-order valence-electron chi connectivity index (χ2n) is 6.22. The Morgan fingerprint density at radius 2 is 2.12 bits per heavy atom. The predicted molar refractivity (Wildman–Crippen MR) is 77.0 cm³/mol. The van der Waals surface area contributed by atoms with Gasteiger partial charge < -0.3 is 5.32 Å². The van der Waals surface area contributed by atoms with Gasteiger partial charge in [-0.05, 0) is 48.9 Å². The zero-order valence-corrected chi connectivity index (χ0v) is 12.4. The van der Waals surface area contributed by atoms with Gasteiger partial charge in [-0.2, -0.15) is 0 Å². The SMILES string of the molecule is CCC1CNCCC1c1ccc(C(C)(C)C)s1. The maximum Gasteiger partial charge on any atom is 0.0102 e. The van der Waals surface area contributed by atoms with Gasteiger partial charge in [0.2, 0.25) is 0 Å². The summed E-state index contributed by atoms with van der Waals surface area (Å²) >= 11 is 2.04. The fraction of sp³-hybridized carbons (Fsp3) is 0.733. The minimum Gasteiger partial charge on any atom is -0.316 e. The van der Waals surface area contributed by atoms with E-state index in [1.807, 2.05) is 11.3 Å². The van der Waals surface area contributed by atoms with Crippen molar-refractivity contribution in [3.8, 4) is 0 Å². The van der Waals surface area contributed by atoms with Gasteiger partial charge in [0.05, 0.1) is 0 Å². The molecule has 0 bridgehead atoms. The molecule has 1 saturated heterocycles. The third-order valence-electron chi connectivity index (χ3n) is 3.86. The molecule has 0 spiro atoms. The average molecular weight is 251 g/mol. The molecule has 1 aromatic heterocycles. The summed E-state index contributed by atoms with van der Waals surface area (Å²) in [6.45, 7) is 11.6. The normalized spacial score (nSPS) is 26.1. The number of thiophene rings is 1. The lowest BCUT2D eigenvalue weighted by Gasteiger charge is -2.31. The Morgan fingerprint density at radius 1 is 1.35 bits per heavy atom. The second kappa shape index (κ2) is 5.11. The van der Waals surface area contributed by atoms with Crippen LogP contribution in [0.4, 0.5) is 0 Å². The van der Waals surface area contributed by atoms with E-state index < -0.39 is 0 Å². The quantitative estimate of drug-likeness (QED) is 0.832. The molecule has 2 atom stereocenters. The summed E-state index contributed by atoms with van der Waals surface area (Å²) in [4.78, 5) is 3.14. The van der Waals surface area contributed by atoms with Crippen LogP contribution in [-0.4, -0.2) is 13.1 Å². The van der Waals surface area contributed by atoms with E-state index in [1.54, 1.807) is 4.88 Å². The van der Waals surface area contributed by atoms with Crippen molar-refractivity contribution in [2.45, 2.75) is 51.9 Å². The first-order valence-corrected chi connectivity index (χ1v) is 7.65. The van der Waals surface area contributed by atoms with Crippen molar-refractivity contribution < 1.29 is 0 Å². The van der Waals surface area contributed by atoms with E-state index in [4.69, 9.17) is 0 Å². The largest absolute Gasteiger partial charge is 0.316 e. The Labute approximate surface area is 110 Å². The zero-order chi connectivity index (χ0) is 12.5. The minimum absolute atomic E-state index is 0.303. The van der Waals surface area contributed by atoms with Crippen LogP contribution in [0.15, 0.2) is 12.1 Å². The van der Waals surface area contributed by atoms with Gasteiger partial charge in [-0.25, -0.2) is 0 Å². The molecule has 0 saturated carbocycles. The summed E-state index contributed by atoms with van der Waals surface area (Å²) in [6.07, 6.45) is 2.60. The molecule has 17 heavy (non-hydrogen) atoms. The maximum absolute atomic E-state index is 3.53. The van der Waals surface area contributed by atoms with Crippen LogP contribution < -0.4 is 5.32 Å². The summed E-state index contributed by atoms with van der Waals surface area (Å²) in [6, 6.07) is 4.72. The molecule has 2 unspecified atom stereocenters. The fourth-order valence-electron chi connectivity index (χ4n) is 2.68. The summed E-state index contributed by atoms with van der Waals surface area (Å²) in [5, 5.41) is 3.53. The topological polar surface area (TPSA) is 12.0 Å². The molecule has 0 aromatic carbocycles.